The summed E-state index contributed by atoms with van der Waals surface area (Å²) in [4.78, 5) is 26.3. The Labute approximate surface area is 129 Å². The first-order valence-electron chi connectivity index (χ1n) is 7.06. The molecule has 2 rings (SSSR count). The predicted molar refractivity (Wildman–Crippen MR) is 79.2 cm³/mol. The predicted octanol–water partition coefficient (Wildman–Crippen LogP) is -0.236. The van der Waals surface area contributed by atoms with Gasteiger partial charge in [-0.25, -0.2) is 4.79 Å². The number of hydrogen-bond donors (Lipinski definition) is 2. The Hall–Kier alpha value is -1.21. The molecule has 0 fully saturated rings. The van der Waals surface area contributed by atoms with Gasteiger partial charge in [0.15, 0.2) is 5.78 Å². The molecular formula is C14H20ClN3O3. The topological polar surface area (TPSA) is 76.9 Å². The highest BCUT2D eigenvalue weighted by Gasteiger charge is 2.40. The number of hydrogen-bond acceptors (Lipinski definition) is 5. The van der Waals surface area contributed by atoms with Gasteiger partial charge in [0.1, 0.15) is 11.6 Å². The summed E-state index contributed by atoms with van der Waals surface area (Å²) < 4.78 is 0. The molecule has 0 saturated carbocycles. The molecule has 0 aromatic rings. The van der Waals surface area contributed by atoms with Crippen LogP contribution in [0.2, 0.25) is 0 Å². The van der Waals surface area contributed by atoms with Crippen LogP contribution in [-0.2, 0) is 9.59 Å². The van der Waals surface area contributed by atoms with E-state index in [0.29, 0.717) is 36.7 Å². The van der Waals surface area contributed by atoms with E-state index in [1.165, 1.54) is 0 Å². The first kappa shape index (κ1) is 16.2. The van der Waals surface area contributed by atoms with Crippen LogP contribution < -0.4 is 10.4 Å². The Kier molecular flexibility index (Phi) is 5.52. The van der Waals surface area contributed by atoms with Crippen LogP contribution in [0, 0.1) is 11.1 Å². The molecule has 0 aromatic carbocycles. The second kappa shape index (κ2) is 7.17. The van der Waals surface area contributed by atoms with Gasteiger partial charge in [-0.2, -0.15) is 0 Å². The highest BCUT2D eigenvalue weighted by molar-refractivity contribution is 6.17. The summed E-state index contributed by atoms with van der Waals surface area (Å²) in [6, 6.07) is 0. The number of amides is 1. The van der Waals surface area contributed by atoms with Crippen molar-refractivity contribution in [2.24, 2.45) is 5.92 Å². The number of Topliss-reactive ketones (excluding diaryl/α,β-unsaturated/α-hetero) is 1. The van der Waals surface area contributed by atoms with Crippen LogP contribution in [-0.4, -0.2) is 42.2 Å². The first-order chi connectivity index (χ1) is 10.1. The van der Waals surface area contributed by atoms with E-state index < -0.39 is 16.9 Å². The molecule has 21 heavy (non-hydrogen) atoms. The molecule has 2 unspecified atom stereocenters. The number of nitrogens with zero attached hydrogens (tertiary/aromatic N) is 1. The number of carbonyl (C=O) groups is 2. The maximum absolute atomic E-state index is 12.3. The molecule has 0 bridgehead atoms. The van der Waals surface area contributed by atoms with Crippen LogP contribution in [0.5, 0.6) is 0 Å². The number of allylic oxidation sites excluding steroid dienone is 1. The lowest BCUT2D eigenvalue weighted by molar-refractivity contribution is -0.725. The number of quaternary nitrogens is 1. The molecule has 7 heteroatoms. The van der Waals surface area contributed by atoms with Gasteiger partial charge in [0, 0.05) is 12.4 Å². The van der Waals surface area contributed by atoms with Crippen molar-refractivity contribution in [3.63, 3.8) is 0 Å². The van der Waals surface area contributed by atoms with Crippen LogP contribution in [0.3, 0.4) is 0 Å². The van der Waals surface area contributed by atoms with Crippen molar-refractivity contribution in [1.29, 1.82) is 0 Å². The number of carbonyl (C=O) groups excluding carboxylic acids is 2. The fourth-order valence-electron chi connectivity index (χ4n) is 2.60. The van der Waals surface area contributed by atoms with Crippen LogP contribution in [0.4, 0.5) is 0 Å². The van der Waals surface area contributed by atoms with Gasteiger partial charge in [0.25, 0.3) is 0 Å². The second-order valence-electron chi connectivity index (χ2n) is 5.29. The smallest absolute Gasteiger partial charge is 0.327 e. The molecule has 2 aliphatic rings. The van der Waals surface area contributed by atoms with Gasteiger partial charge in [-0.15, -0.1) is 11.6 Å². The number of alkyl halides is 1. The summed E-state index contributed by atoms with van der Waals surface area (Å²) in [7, 11) is 0. The zero-order valence-corrected chi connectivity index (χ0v) is 12.8. The Balaban J connectivity index is 2.17. The molecule has 0 saturated heterocycles. The van der Waals surface area contributed by atoms with Gasteiger partial charge in [-0.1, -0.05) is 6.08 Å². The number of nitrogens with one attached hydrogen (secondary N) is 2. The van der Waals surface area contributed by atoms with Gasteiger partial charge >= 0.3 is 5.91 Å². The monoisotopic (exact) mass is 313 g/mol. The zero-order chi connectivity index (χ0) is 15.4. The molecule has 1 amide bonds. The second-order valence-corrected chi connectivity index (χ2v) is 5.67. The number of hydroxylamine groups is 2. The van der Waals surface area contributed by atoms with E-state index in [0.717, 1.165) is 6.54 Å². The third-order valence-corrected chi connectivity index (χ3v) is 4.10. The van der Waals surface area contributed by atoms with Gasteiger partial charge in [0.05, 0.1) is 18.8 Å². The quantitative estimate of drug-likeness (QED) is 0.416. The molecule has 2 aliphatic heterocycles. The Morgan fingerprint density at radius 2 is 2.29 bits per heavy atom. The van der Waals surface area contributed by atoms with E-state index in [4.69, 9.17) is 11.6 Å². The van der Waals surface area contributed by atoms with E-state index in [1.807, 2.05) is 17.2 Å². The van der Waals surface area contributed by atoms with Gasteiger partial charge in [-0.3, -0.25) is 15.2 Å². The van der Waals surface area contributed by atoms with Crippen molar-refractivity contribution >= 4 is 23.3 Å². The Morgan fingerprint density at radius 1 is 1.52 bits per heavy atom. The lowest BCUT2D eigenvalue weighted by Crippen LogP contribution is -3.11. The molecule has 2 atom stereocenters. The van der Waals surface area contributed by atoms with Crippen LogP contribution in [0.1, 0.15) is 19.8 Å². The summed E-state index contributed by atoms with van der Waals surface area (Å²) in [6.45, 7) is 3.30. The van der Waals surface area contributed by atoms with Gasteiger partial charge in [0.2, 0.25) is 0 Å². The van der Waals surface area contributed by atoms with Crippen molar-refractivity contribution in [2.75, 3.05) is 25.6 Å². The van der Waals surface area contributed by atoms with E-state index in [1.54, 1.807) is 6.92 Å². The molecule has 6 nitrogen and oxygen atoms in total. The van der Waals surface area contributed by atoms with E-state index in [9.17, 15) is 14.8 Å². The summed E-state index contributed by atoms with van der Waals surface area (Å²) in [5.74, 6) is -1.27. The number of rotatable bonds is 5. The summed E-state index contributed by atoms with van der Waals surface area (Å²) in [5, 5.41) is 14.9. The van der Waals surface area contributed by atoms with Gasteiger partial charge in [-0.05, 0) is 26.0 Å². The SMILES string of the molecule is CC1=C(CN2C=CCNC2)[NH+]([O-])C(=O)C(CCCCl)C1=O. The fourth-order valence-corrected chi connectivity index (χ4v) is 2.75. The van der Waals surface area contributed by atoms with Gasteiger partial charge < -0.3 is 10.1 Å². The van der Waals surface area contributed by atoms with Crippen molar-refractivity contribution in [3.05, 3.63) is 28.8 Å². The fraction of sp³-hybridized carbons (Fsp3) is 0.571. The Morgan fingerprint density at radius 3 is 2.90 bits per heavy atom. The molecule has 2 heterocycles. The number of ketones is 1. The molecule has 0 aliphatic carbocycles. The third kappa shape index (κ3) is 3.52. The van der Waals surface area contributed by atoms with Crippen molar-refractivity contribution in [1.82, 2.24) is 10.2 Å². The summed E-state index contributed by atoms with van der Waals surface area (Å²) in [6.07, 6.45) is 4.71. The molecular weight excluding hydrogens is 294 g/mol. The minimum absolute atomic E-state index is 0.228. The summed E-state index contributed by atoms with van der Waals surface area (Å²) in [5.41, 5.74) is 0.735. The van der Waals surface area contributed by atoms with Crippen molar-refractivity contribution < 1.29 is 14.7 Å². The average molecular weight is 314 g/mol. The minimum Gasteiger partial charge on any atom is -0.621 e. The first-order valence-corrected chi connectivity index (χ1v) is 7.59. The average Bonchev–Trinajstić information content (AvgIpc) is 2.51. The minimum atomic E-state index is -0.838. The van der Waals surface area contributed by atoms with Crippen LogP contribution >= 0.6 is 11.6 Å². The third-order valence-electron chi connectivity index (χ3n) is 3.83. The van der Waals surface area contributed by atoms with Crippen molar-refractivity contribution in [2.45, 2.75) is 19.8 Å². The highest BCUT2D eigenvalue weighted by Crippen LogP contribution is 2.19. The molecule has 0 spiro atoms. The highest BCUT2D eigenvalue weighted by atomic mass is 35.5. The van der Waals surface area contributed by atoms with Crippen LogP contribution in [0.15, 0.2) is 23.5 Å². The largest absolute Gasteiger partial charge is 0.621 e. The van der Waals surface area contributed by atoms with E-state index >= 15 is 0 Å². The number of halogens is 1. The molecule has 0 radical (unpaired) electrons. The van der Waals surface area contributed by atoms with E-state index in [-0.39, 0.29) is 12.3 Å². The van der Waals surface area contributed by atoms with Crippen molar-refractivity contribution in [3.8, 4) is 0 Å². The molecule has 0 aromatic heterocycles. The van der Waals surface area contributed by atoms with Crippen LogP contribution in [0.25, 0.3) is 0 Å². The Bertz CT molecular complexity index is 490. The lowest BCUT2D eigenvalue weighted by atomic mass is 9.88. The zero-order valence-electron chi connectivity index (χ0n) is 12.0. The lowest BCUT2D eigenvalue weighted by Gasteiger charge is -2.34. The summed E-state index contributed by atoms with van der Waals surface area (Å²) >= 11 is 5.61. The normalized spacial score (nSPS) is 26.7. The standard InChI is InChI=1S/C14H20ClN3O3/c1-10-12(8-17-7-3-6-16-9-17)18(21)14(20)11(13(10)19)4-2-5-15/h3,7,11,16,18H,2,4-6,8-9H2,1H3. The maximum Gasteiger partial charge on any atom is 0.327 e. The van der Waals surface area contributed by atoms with E-state index in [2.05, 4.69) is 5.32 Å². The molecule has 2 N–H and O–H groups in total. The molecule has 116 valence electrons. The maximum atomic E-state index is 12.3.